The lowest BCUT2D eigenvalue weighted by Crippen LogP contribution is -2.61. The molecular formula is C8H13ClN3O4+. The smallest absolute Gasteiger partial charge is 0.382 e. The van der Waals surface area contributed by atoms with E-state index in [1.54, 1.807) is 25.2 Å². The van der Waals surface area contributed by atoms with Gasteiger partial charge >= 0.3 is 6.73 Å². The quantitative estimate of drug-likeness (QED) is 0.217. The summed E-state index contributed by atoms with van der Waals surface area (Å²) in [6.45, 7) is -0.445. The van der Waals surface area contributed by atoms with Gasteiger partial charge in [0.05, 0.1) is 10.2 Å². The van der Waals surface area contributed by atoms with E-state index in [0.29, 0.717) is 5.57 Å². The maximum absolute atomic E-state index is 10.1. The molecule has 0 aliphatic rings. The normalized spacial score (nSPS) is 13.6. The van der Waals surface area contributed by atoms with Gasteiger partial charge in [-0.15, -0.1) is 0 Å². The van der Waals surface area contributed by atoms with Crippen LogP contribution in [0.15, 0.2) is 11.8 Å². The SMILES string of the molecule is CN(C)C=C(C#N)C=[N+](C)CO[Cl+3]([O-])([O-])[O-]. The number of nitriles is 1. The first-order valence-corrected chi connectivity index (χ1v) is 5.37. The Kier molecular flexibility index (Phi) is 5.95. The zero-order chi connectivity index (χ0) is 12.8. The van der Waals surface area contributed by atoms with Crippen LogP contribution in [0.3, 0.4) is 0 Å². The Morgan fingerprint density at radius 1 is 1.50 bits per heavy atom. The molecule has 0 saturated heterocycles. The average Bonchev–Trinajstić information content (AvgIpc) is 2.12. The number of allylic oxidation sites excluding steroid dienone is 1. The van der Waals surface area contributed by atoms with Gasteiger partial charge in [-0.3, -0.25) is 0 Å². The summed E-state index contributed by atoms with van der Waals surface area (Å²) in [7, 11) is 0.506. The van der Waals surface area contributed by atoms with Gasteiger partial charge in [0.15, 0.2) is 6.21 Å². The molecule has 0 aromatic carbocycles. The topological polar surface area (TPSA) is 108 Å². The summed E-state index contributed by atoms with van der Waals surface area (Å²) in [5, 5.41) is 8.73. The molecule has 0 aromatic rings. The molecule has 0 rings (SSSR count). The van der Waals surface area contributed by atoms with Crippen molar-refractivity contribution in [3.63, 3.8) is 0 Å². The van der Waals surface area contributed by atoms with Crippen molar-refractivity contribution in [2.45, 2.75) is 0 Å². The molecular weight excluding hydrogens is 238 g/mol. The van der Waals surface area contributed by atoms with E-state index in [1.807, 2.05) is 6.07 Å². The lowest BCUT2D eigenvalue weighted by molar-refractivity contribution is -1.92. The zero-order valence-electron chi connectivity index (χ0n) is 9.21. The first-order valence-electron chi connectivity index (χ1n) is 4.13. The molecule has 90 valence electrons. The summed E-state index contributed by atoms with van der Waals surface area (Å²) in [5.41, 5.74) is 0.302. The van der Waals surface area contributed by atoms with Gasteiger partial charge < -0.3 is 4.90 Å². The van der Waals surface area contributed by atoms with Gasteiger partial charge in [0.1, 0.15) is 23.0 Å². The van der Waals surface area contributed by atoms with E-state index >= 15 is 0 Å². The molecule has 0 atom stereocenters. The van der Waals surface area contributed by atoms with E-state index in [0.717, 1.165) is 0 Å². The molecule has 7 nitrogen and oxygen atoms in total. The van der Waals surface area contributed by atoms with Crippen LogP contribution < -0.4 is 14.0 Å². The molecule has 0 amide bonds. The number of halogens is 1. The van der Waals surface area contributed by atoms with Crippen LogP contribution in [-0.4, -0.2) is 43.6 Å². The number of nitrogens with zero attached hydrogens (tertiary/aromatic N) is 3. The minimum absolute atomic E-state index is 0.302. The zero-order valence-corrected chi connectivity index (χ0v) is 9.97. The third-order valence-corrected chi connectivity index (χ3v) is 1.64. The van der Waals surface area contributed by atoms with Crippen LogP contribution in [0.2, 0.25) is 0 Å². The summed E-state index contributed by atoms with van der Waals surface area (Å²) in [6.07, 6.45) is 2.90. The largest absolute Gasteiger partial charge is 0.393 e. The van der Waals surface area contributed by atoms with Gasteiger partial charge in [-0.1, -0.05) is 0 Å². The molecule has 0 N–H and O–H groups in total. The lowest BCUT2D eigenvalue weighted by Gasteiger charge is -2.10. The summed E-state index contributed by atoms with van der Waals surface area (Å²) in [5.74, 6) is 0. The Morgan fingerprint density at radius 2 is 2.06 bits per heavy atom. The Balaban J connectivity index is 4.47. The third kappa shape index (κ3) is 8.16. The van der Waals surface area contributed by atoms with E-state index < -0.39 is 17.0 Å². The summed E-state index contributed by atoms with van der Waals surface area (Å²) < 4.78 is 35.6. The number of hydrogen-bond acceptors (Lipinski definition) is 6. The van der Waals surface area contributed by atoms with Crippen LogP contribution in [-0.2, 0) is 4.29 Å². The van der Waals surface area contributed by atoms with Crippen LogP contribution in [0.1, 0.15) is 0 Å². The standard InChI is InChI=1S/C8H13ClN3O4/c1-11(2)5-8(4-10)6-12(3)7-16-9(13,14)15/h5-6H,7H2,1-3H3/q+1. The van der Waals surface area contributed by atoms with Gasteiger partial charge in [-0.2, -0.15) is 23.8 Å². The van der Waals surface area contributed by atoms with E-state index in [1.165, 1.54) is 17.8 Å². The predicted octanol–water partition coefficient (Wildman–Crippen LogP) is -3.46. The number of hydrogen-bond donors (Lipinski definition) is 0. The molecule has 0 radical (unpaired) electrons. The van der Waals surface area contributed by atoms with Crippen molar-refractivity contribution in [3.8, 4) is 6.07 Å². The molecule has 0 spiro atoms. The van der Waals surface area contributed by atoms with E-state index in [2.05, 4.69) is 4.29 Å². The maximum atomic E-state index is 10.1. The van der Waals surface area contributed by atoms with E-state index in [9.17, 15) is 14.0 Å². The monoisotopic (exact) mass is 250 g/mol. The molecule has 16 heavy (non-hydrogen) atoms. The van der Waals surface area contributed by atoms with Crippen LogP contribution in [0.4, 0.5) is 0 Å². The van der Waals surface area contributed by atoms with Crippen LogP contribution >= 0.6 is 0 Å². The second-order valence-corrected chi connectivity index (χ2v) is 4.14. The van der Waals surface area contributed by atoms with Crippen molar-refractivity contribution in [2.24, 2.45) is 0 Å². The highest BCUT2D eigenvalue weighted by molar-refractivity contribution is 5.79. The summed E-state index contributed by atoms with van der Waals surface area (Å²) in [4.78, 5) is 1.66. The molecule has 0 heterocycles. The molecule has 0 aromatic heterocycles. The molecule has 8 heteroatoms. The van der Waals surface area contributed by atoms with Crippen LogP contribution in [0.5, 0.6) is 0 Å². The second-order valence-electron chi connectivity index (χ2n) is 3.16. The van der Waals surface area contributed by atoms with Gasteiger partial charge in [0.2, 0.25) is 0 Å². The van der Waals surface area contributed by atoms with E-state index in [4.69, 9.17) is 5.26 Å². The minimum Gasteiger partial charge on any atom is -0.382 e. The third-order valence-electron chi connectivity index (χ3n) is 1.27. The highest BCUT2D eigenvalue weighted by atomic mass is 35.7. The van der Waals surface area contributed by atoms with Gasteiger partial charge in [-0.25, -0.2) is 0 Å². The highest BCUT2D eigenvalue weighted by Crippen LogP contribution is 1.91. The molecule has 0 aliphatic carbocycles. The predicted molar refractivity (Wildman–Crippen MR) is 45.6 cm³/mol. The Morgan fingerprint density at radius 3 is 2.44 bits per heavy atom. The fourth-order valence-electron chi connectivity index (χ4n) is 0.781. The summed E-state index contributed by atoms with van der Waals surface area (Å²) >= 11 is 0. The van der Waals surface area contributed by atoms with Gasteiger partial charge in [0.25, 0.3) is 0 Å². The van der Waals surface area contributed by atoms with Crippen molar-refractivity contribution in [2.75, 3.05) is 27.9 Å². The van der Waals surface area contributed by atoms with Gasteiger partial charge in [0, 0.05) is 20.3 Å². The van der Waals surface area contributed by atoms with Gasteiger partial charge in [-0.05, 0) is 0 Å². The Bertz CT molecular complexity index is 327. The molecule has 0 bridgehead atoms. The van der Waals surface area contributed by atoms with Crippen molar-refractivity contribution in [3.05, 3.63) is 11.8 Å². The first kappa shape index (κ1) is 14.8. The van der Waals surface area contributed by atoms with Crippen molar-refractivity contribution < 1.29 is 33.1 Å². The minimum atomic E-state index is -4.44. The molecule has 0 fully saturated rings. The average molecular weight is 251 g/mol. The second kappa shape index (κ2) is 6.42. The fraction of sp³-hybridized carbons (Fsp3) is 0.500. The van der Waals surface area contributed by atoms with Crippen molar-refractivity contribution in [1.82, 2.24) is 4.90 Å². The molecule has 0 aliphatic heterocycles. The summed E-state index contributed by atoms with van der Waals surface area (Å²) in [6, 6.07) is 1.90. The number of rotatable bonds is 5. The Hall–Kier alpha value is -1.17. The molecule has 0 saturated carbocycles. The highest BCUT2D eigenvalue weighted by Gasteiger charge is 2.20. The first-order chi connectivity index (χ1) is 7.24. The van der Waals surface area contributed by atoms with Crippen LogP contribution in [0.25, 0.3) is 0 Å². The maximum Gasteiger partial charge on any atom is 0.393 e. The lowest BCUT2D eigenvalue weighted by atomic mass is 10.3. The van der Waals surface area contributed by atoms with Crippen LogP contribution in [0, 0.1) is 21.6 Å². The Labute approximate surface area is 95.8 Å². The fourth-order valence-corrected chi connectivity index (χ4v) is 1.05. The molecule has 0 unspecified atom stereocenters. The van der Waals surface area contributed by atoms with Crippen molar-refractivity contribution >= 4 is 6.21 Å². The van der Waals surface area contributed by atoms with Crippen molar-refractivity contribution in [1.29, 1.82) is 5.26 Å². The van der Waals surface area contributed by atoms with E-state index in [-0.39, 0.29) is 0 Å².